The molecule has 1 amide bonds. The van der Waals surface area contributed by atoms with E-state index >= 15 is 0 Å². The number of rotatable bonds is 0. The van der Waals surface area contributed by atoms with E-state index in [1.54, 1.807) is 13.0 Å². The van der Waals surface area contributed by atoms with Crippen LogP contribution in [0.1, 0.15) is 6.92 Å². The number of carbonyl (C=O) groups excluding carboxylic acids is 1. The second kappa shape index (κ2) is 4.51. The monoisotopic (exact) mass is 228 g/mol. The number of nitrogens with one attached hydrogen (secondary N) is 1. The Morgan fingerprint density at radius 1 is 1.40 bits per heavy atom. The minimum absolute atomic E-state index is 0. The molecule has 0 saturated carbocycles. The summed E-state index contributed by atoms with van der Waals surface area (Å²) in [6.07, 6.45) is -0.307. The number of hydrogen-bond acceptors (Lipinski definition) is 3. The van der Waals surface area contributed by atoms with Gasteiger partial charge < -0.3 is 15.8 Å². The number of fused-ring (bicyclic) bond motifs is 1. The van der Waals surface area contributed by atoms with Crippen LogP contribution in [-0.2, 0) is 4.79 Å². The van der Waals surface area contributed by atoms with E-state index in [1.807, 2.05) is 18.2 Å². The third kappa shape index (κ3) is 2.22. The van der Waals surface area contributed by atoms with Gasteiger partial charge in [0.1, 0.15) is 17.9 Å². The van der Waals surface area contributed by atoms with Crippen LogP contribution in [0.5, 0.6) is 5.75 Å². The Bertz CT molecular complexity index is 370. The van der Waals surface area contributed by atoms with Gasteiger partial charge in [-0.1, -0.05) is 12.1 Å². The predicted molar refractivity (Wildman–Crippen MR) is 60.4 cm³/mol. The highest BCUT2D eigenvalue weighted by Gasteiger charge is 2.27. The van der Waals surface area contributed by atoms with Crippen LogP contribution in [0.4, 0.5) is 5.69 Å². The van der Waals surface area contributed by atoms with Gasteiger partial charge in [0.25, 0.3) is 0 Å². The lowest BCUT2D eigenvalue weighted by molar-refractivity contribution is -0.118. The number of para-hydroxylation sites is 2. The van der Waals surface area contributed by atoms with Crippen molar-refractivity contribution in [1.29, 1.82) is 0 Å². The van der Waals surface area contributed by atoms with Gasteiger partial charge in [-0.25, -0.2) is 0 Å². The molecule has 0 unspecified atom stereocenters. The smallest absolute Gasteiger partial charge is 0.245 e. The summed E-state index contributed by atoms with van der Waals surface area (Å²) in [5.41, 5.74) is 6.34. The fourth-order valence-corrected chi connectivity index (χ4v) is 1.38. The Kier molecular flexibility index (Phi) is 3.55. The van der Waals surface area contributed by atoms with Crippen LogP contribution in [0.3, 0.4) is 0 Å². The topological polar surface area (TPSA) is 64.3 Å². The summed E-state index contributed by atoms with van der Waals surface area (Å²) in [5.74, 6) is 0.462. The molecule has 0 bridgehead atoms. The van der Waals surface area contributed by atoms with E-state index < -0.39 is 6.04 Å². The summed E-state index contributed by atoms with van der Waals surface area (Å²) in [4.78, 5) is 11.5. The van der Waals surface area contributed by atoms with Gasteiger partial charge >= 0.3 is 0 Å². The fourth-order valence-electron chi connectivity index (χ4n) is 1.38. The number of ether oxygens (including phenoxy) is 1. The first-order valence-electron chi connectivity index (χ1n) is 4.50. The zero-order valence-corrected chi connectivity index (χ0v) is 9.08. The molecule has 0 saturated heterocycles. The fraction of sp³-hybridized carbons (Fsp3) is 0.300. The standard InChI is InChI=1S/C10H12N2O2.ClH/c1-6-9(11)10(13)12-7-4-2-3-5-8(7)14-6;/h2-6,9H,11H2,1H3,(H,12,13);1H/t6-,9+;/m1./s1. The van der Waals surface area contributed by atoms with Gasteiger partial charge in [0.2, 0.25) is 5.91 Å². The summed E-state index contributed by atoms with van der Waals surface area (Å²) in [5, 5.41) is 2.71. The van der Waals surface area contributed by atoms with Crippen molar-refractivity contribution in [3.63, 3.8) is 0 Å². The SMILES string of the molecule is C[C@H]1Oc2ccccc2NC(=O)[C@H]1N.Cl. The number of nitrogens with two attached hydrogens (primary N) is 1. The Hall–Kier alpha value is -1.26. The van der Waals surface area contributed by atoms with Gasteiger partial charge in [-0.05, 0) is 19.1 Å². The predicted octanol–water partition coefficient (Wildman–Crippen LogP) is 1.16. The third-order valence-corrected chi connectivity index (χ3v) is 2.27. The molecule has 0 fully saturated rings. The summed E-state index contributed by atoms with van der Waals surface area (Å²) in [6.45, 7) is 1.78. The van der Waals surface area contributed by atoms with E-state index in [-0.39, 0.29) is 24.4 Å². The van der Waals surface area contributed by atoms with Crippen LogP contribution >= 0.6 is 12.4 Å². The first-order chi connectivity index (χ1) is 6.68. The van der Waals surface area contributed by atoms with Crippen molar-refractivity contribution >= 4 is 24.0 Å². The first-order valence-corrected chi connectivity index (χ1v) is 4.50. The maximum Gasteiger partial charge on any atom is 0.245 e. The van der Waals surface area contributed by atoms with E-state index in [4.69, 9.17) is 10.5 Å². The molecule has 1 heterocycles. The molecule has 1 aliphatic heterocycles. The molecule has 2 rings (SSSR count). The average molecular weight is 229 g/mol. The average Bonchev–Trinajstić information content (AvgIpc) is 2.28. The molecule has 3 N–H and O–H groups in total. The minimum atomic E-state index is -0.623. The molecule has 4 nitrogen and oxygen atoms in total. The zero-order valence-electron chi connectivity index (χ0n) is 8.27. The van der Waals surface area contributed by atoms with Crippen molar-refractivity contribution in [3.8, 4) is 5.75 Å². The summed E-state index contributed by atoms with van der Waals surface area (Å²) in [6, 6.07) is 6.67. The van der Waals surface area contributed by atoms with E-state index in [0.29, 0.717) is 11.4 Å². The Morgan fingerprint density at radius 2 is 2.07 bits per heavy atom. The van der Waals surface area contributed by atoms with Crippen molar-refractivity contribution in [1.82, 2.24) is 0 Å². The minimum Gasteiger partial charge on any atom is -0.486 e. The normalized spacial score (nSPS) is 24.0. The second-order valence-electron chi connectivity index (χ2n) is 3.33. The number of halogens is 1. The Balaban J connectivity index is 0.00000112. The van der Waals surface area contributed by atoms with Crippen LogP contribution in [0.2, 0.25) is 0 Å². The van der Waals surface area contributed by atoms with Gasteiger partial charge in [-0.3, -0.25) is 4.79 Å². The van der Waals surface area contributed by atoms with Crippen molar-refractivity contribution in [2.45, 2.75) is 19.1 Å². The highest BCUT2D eigenvalue weighted by atomic mass is 35.5. The van der Waals surface area contributed by atoms with E-state index in [9.17, 15) is 4.79 Å². The van der Waals surface area contributed by atoms with Crippen LogP contribution < -0.4 is 15.8 Å². The van der Waals surface area contributed by atoms with Crippen molar-refractivity contribution in [2.24, 2.45) is 5.73 Å². The molecule has 0 spiro atoms. The van der Waals surface area contributed by atoms with Crippen molar-refractivity contribution in [2.75, 3.05) is 5.32 Å². The number of benzene rings is 1. The van der Waals surface area contributed by atoms with Crippen LogP contribution in [0.25, 0.3) is 0 Å². The summed E-state index contributed by atoms with van der Waals surface area (Å²) in [7, 11) is 0. The molecular weight excluding hydrogens is 216 g/mol. The number of amides is 1. The maximum atomic E-state index is 11.5. The van der Waals surface area contributed by atoms with E-state index in [0.717, 1.165) is 0 Å². The molecule has 1 aromatic rings. The van der Waals surface area contributed by atoms with Gasteiger partial charge in [0.05, 0.1) is 5.69 Å². The largest absolute Gasteiger partial charge is 0.486 e. The van der Waals surface area contributed by atoms with Crippen LogP contribution in [0, 0.1) is 0 Å². The van der Waals surface area contributed by atoms with E-state index in [1.165, 1.54) is 0 Å². The maximum absolute atomic E-state index is 11.5. The highest BCUT2D eigenvalue weighted by Crippen LogP contribution is 2.27. The molecule has 82 valence electrons. The molecular formula is C10H13ClN2O2. The molecule has 0 aromatic heterocycles. The highest BCUT2D eigenvalue weighted by molar-refractivity contribution is 5.97. The Morgan fingerprint density at radius 3 is 2.80 bits per heavy atom. The lowest BCUT2D eigenvalue weighted by atomic mass is 10.2. The molecule has 0 aliphatic carbocycles. The van der Waals surface area contributed by atoms with Crippen LogP contribution in [0.15, 0.2) is 24.3 Å². The van der Waals surface area contributed by atoms with E-state index in [2.05, 4.69) is 5.32 Å². The summed E-state index contributed by atoms with van der Waals surface area (Å²) >= 11 is 0. The zero-order chi connectivity index (χ0) is 10.1. The molecule has 0 radical (unpaired) electrons. The number of hydrogen-bond donors (Lipinski definition) is 2. The quantitative estimate of drug-likeness (QED) is 0.700. The van der Waals surface area contributed by atoms with Crippen molar-refractivity contribution < 1.29 is 9.53 Å². The van der Waals surface area contributed by atoms with Gasteiger partial charge in [-0.15, -0.1) is 12.4 Å². The van der Waals surface area contributed by atoms with Crippen LogP contribution in [-0.4, -0.2) is 18.1 Å². The molecule has 15 heavy (non-hydrogen) atoms. The third-order valence-electron chi connectivity index (χ3n) is 2.27. The summed E-state index contributed by atoms with van der Waals surface area (Å²) < 4.78 is 5.53. The lowest BCUT2D eigenvalue weighted by Gasteiger charge is -2.15. The molecule has 1 aliphatic rings. The Labute approximate surface area is 94.2 Å². The molecule has 5 heteroatoms. The van der Waals surface area contributed by atoms with Gasteiger partial charge in [0.15, 0.2) is 0 Å². The first kappa shape index (κ1) is 11.8. The number of anilines is 1. The van der Waals surface area contributed by atoms with Gasteiger partial charge in [-0.2, -0.15) is 0 Å². The second-order valence-corrected chi connectivity index (χ2v) is 3.33. The van der Waals surface area contributed by atoms with Crippen molar-refractivity contribution in [3.05, 3.63) is 24.3 Å². The molecule has 1 aromatic carbocycles. The lowest BCUT2D eigenvalue weighted by Crippen LogP contribution is -2.44. The molecule has 2 atom stereocenters. The number of carbonyl (C=O) groups is 1. The van der Waals surface area contributed by atoms with Gasteiger partial charge in [0, 0.05) is 0 Å².